The minimum Gasteiger partial charge on any atom is -0.344 e. The molecule has 0 radical (unpaired) electrons. The van der Waals surface area contributed by atoms with E-state index >= 15 is 4.39 Å². The predicted molar refractivity (Wildman–Crippen MR) is 143 cm³/mol. The first-order valence-corrected chi connectivity index (χ1v) is 13.4. The minimum absolute atomic E-state index is 0.0382. The number of aromatic nitrogens is 3. The standard InChI is InChI=1S/C31H24F3N5O2/c32-22-7-1-4-18(26(22)34)19-8-9-23(27-20(25(19)33)5-2-10-35-27)38-29(40)17-12-16-13-31(14-24(16)37-15-17)21-6-3-11-36-28(21)39-30(31)41/h1-7,10-12,15,19,23,25H,8-9,13-14H2,(H,38,40)(H,36,39,41)/t19-,23+,25+,31?/m1/s1. The highest BCUT2D eigenvalue weighted by Gasteiger charge is 2.51. The van der Waals surface area contributed by atoms with Gasteiger partial charge >= 0.3 is 0 Å². The van der Waals surface area contributed by atoms with Crippen LogP contribution in [0, 0.1) is 11.6 Å². The van der Waals surface area contributed by atoms with Gasteiger partial charge in [0.15, 0.2) is 11.6 Å². The van der Waals surface area contributed by atoms with Crippen LogP contribution in [0.2, 0.25) is 0 Å². The fourth-order valence-corrected chi connectivity index (χ4v) is 6.54. The third-order valence-electron chi connectivity index (χ3n) is 8.58. The number of alkyl halides is 1. The van der Waals surface area contributed by atoms with E-state index in [4.69, 9.17) is 0 Å². The molecule has 0 saturated carbocycles. The Labute approximate surface area is 233 Å². The molecule has 7 nitrogen and oxygen atoms in total. The summed E-state index contributed by atoms with van der Waals surface area (Å²) >= 11 is 0. The summed E-state index contributed by atoms with van der Waals surface area (Å²) < 4.78 is 44.5. The number of hydrogen-bond acceptors (Lipinski definition) is 5. The highest BCUT2D eigenvalue weighted by atomic mass is 19.2. The molecule has 1 aromatic carbocycles. The Balaban J connectivity index is 1.15. The van der Waals surface area contributed by atoms with Gasteiger partial charge in [-0.15, -0.1) is 0 Å². The van der Waals surface area contributed by atoms with E-state index in [9.17, 15) is 18.4 Å². The van der Waals surface area contributed by atoms with Crippen LogP contribution in [-0.2, 0) is 23.1 Å². The van der Waals surface area contributed by atoms with Gasteiger partial charge < -0.3 is 10.6 Å². The number of carbonyl (C=O) groups is 2. The molecular formula is C31H24F3N5O2. The second-order valence-electron chi connectivity index (χ2n) is 10.9. The molecule has 4 atom stereocenters. The second kappa shape index (κ2) is 9.50. The zero-order valence-corrected chi connectivity index (χ0v) is 21.7. The quantitative estimate of drug-likeness (QED) is 0.339. The maximum Gasteiger partial charge on any atom is 0.253 e. The Morgan fingerprint density at radius 3 is 2.66 bits per heavy atom. The average Bonchev–Trinajstić information content (AvgIpc) is 3.46. The van der Waals surface area contributed by atoms with Gasteiger partial charge in [-0.1, -0.05) is 24.3 Å². The van der Waals surface area contributed by atoms with Crippen molar-refractivity contribution in [3.63, 3.8) is 0 Å². The molecule has 0 bridgehead atoms. The predicted octanol–water partition coefficient (Wildman–Crippen LogP) is 5.20. The Hall–Kier alpha value is -4.60. The molecule has 41 heavy (non-hydrogen) atoms. The molecule has 0 fully saturated rings. The van der Waals surface area contributed by atoms with Crippen LogP contribution >= 0.6 is 0 Å². The fraction of sp³-hybridized carbons (Fsp3) is 0.258. The average molecular weight is 556 g/mol. The fourth-order valence-electron chi connectivity index (χ4n) is 6.54. The van der Waals surface area contributed by atoms with E-state index in [0.717, 1.165) is 22.9 Å². The summed E-state index contributed by atoms with van der Waals surface area (Å²) in [4.78, 5) is 39.7. The molecule has 206 valence electrons. The molecule has 7 rings (SSSR count). The lowest BCUT2D eigenvalue weighted by Gasteiger charge is -2.20. The number of pyridine rings is 3. The summed E-state index contributed by atoms with van der Waals surface area (Å²) in [6.45, 7) is 0. The van der Waals surface area contributed by atoms with Crippen molar-refractivity contribution in [2.75, 3.05) is 5.32 Å². The number of hydrogen-bond donors (Lipinski definition) is 2. The van der Waals surface area contributed by atoms with Crippen molar-refractivity contribution in [2.45, 2.75) is 49.2 Å². The third kappa shape index (κ3) is 4.00. The number of fused-ring (bicyclic) bond motifs is 4. The number of anilines is 1. The summed E-state index contributed by atoms with van der Waals surface area (Å²) in [6, 6.07) is 11.7. The van der Waals surface area contributed by atoms with E-state index < -0.39 is 41.1 Å². The van der Waals surface area contributed by atoms with E-state index in [1.165, 1.54) is 24.5 Å². The van der Waals surface area contributed by atoms with Gasteiger partial charge in [-0.05, 0) is 54.7 Å². The van der Waals surface area contributed by atoms with Crippen LogP contribution in [0.1, 0.15) is 75.0 Å². The lowest BCUT2D eigenvalue weighted by atomic mass is 9.80. The van der Waals surface area contributed by atoms with E-state index in [2.05, 4.69) is 25.6 Å². The zero-order valence-electron chi connectivity index (χ0n) is 21.7. The van der Waals surface area contributed by atoms with Gasteiger partial charge in [0.2, 0.25) is 5.91 Å². The Morgan fingerprint density at radius 2 is 1.78 bits per heavy atom. The number of rotatable bonds is 3. The van der Waals surface area contributed by atoms with Crippen molar-refractivity contribution < 1.29 is 22.8 Å². The topological polar surface area (TPSA) is 96.9 Å². The van der Waals surface area contributed by atoms with E-state index in [1.54, 1.807) is 30.5 Å². The van der Waals surface area contributed by atoms with E-state index in [1.807, 2.05) is 6.07 Å². The van der Waals surface area contributed by atoms with Crippen LogP contribution in [0.15, 0.2) is 67.1 Å². The monoisotopic (exact) mass is 555 g/mol. The van der Waals surface area contributed by atoms with Gasteiger partial charge in [-0.2, -0.15) is 0 Å². The van der Waals surface area contributed by atoms with Crippen LogP contribution in [-0.4, -0.2) is 26.8 Å². The molecule has 2 amide bonds. The van der Waals surface area contributed by atoms with Gasteiger partial charge in [-0.3, -0.25) is 19.6 Å². The molecule has 3 aliphatic rings. The number of nitrogens with one attached hydrogen (secondary N) is 2. The maximum atomic E-state index is 15.9. The van der Waals surface area contributed by atoms with Crippen LogP contribution in [0.5, 0.6) is 0 Å². The lowest BCUT2D eigenvalue weighted by molar-refractivity contribution is -0.120. The first-order chi connectivity index (χ1) is 19.9. The lowest BCUT2D eigenvalue weighted by Crippen LogP contribution is -2.35. The number of carbonyl (C=O) groups excluding carboxylic acids is 2. The zero-order chi connectivity index (χ0) is 28.3. The van der Waals surface area contributed by atoms with Gasteiger partial charge in [0.1, 0.15) is 12.0 Å². The van der Waals surface area contributed by atoms with Crippen molar-refractivity contribution in [2.24, 2.45) is 0 Å². The molecule has 2 aliphatic carbocycles. The van der Waals surface area contributed by atoms with Gasteiger partial charge in [0.05, 0.1) is 22.7 Å². The molecule has 4 aromatic rings. The van der Waals surface area contributed by atoms with Crippen LogP contribution in [0.25, 0.3) is 0 Å². The minimum atomic E-state index is -1.63. The highest BCUT2D eigenvalue weighted by molar-refractivity contribution is 6.06. The van der Waals surface area contributed by atoms with Gasteiger partial charge in [-0.25, -0.2) is 18.2 Å². The second-order valence-corrected chi connectivity index (χ2v) is 10.9. The molecule has 1 aliphatic heterocycles. The van der Waals surface area contributed by atoms with Gasteiger partial charge in [0.25, 0.3) is 5.91 Å². The van der Waals surface area contributed by atoms with Crippen LogP contribution in [0.4, 0.5) is 19.0 Å². The molecule has 1 spiro atoms. The number of amides is 2. The third-order valence-corrected chi connectivity index (χ3v) is 8.58. The summed E-state index contributed by atoms with van der Waals surface area (Å²) in [7, 11) is 0. The van der Waals surface area contributed by atoms with Crippen LogP contribution < -0.4 is 10.6 Å². The number of halogens is 3. The Bertz CT molecular complexity index is 1730. The van der Waals surface area contributed by atoms with Crippen molar-refractivity contribution in [1.82, 2.24) is 20.3 Å². The van der Waals surface area contributed by atoms with Crippen molar-refractivity contribution in [1.29, 1.82) is 0 Å². The molecule has 2 N–H and O–H groups in total. The number of benzene rings is 1. The molecular weight excluding hydrogens is 531 g/mol. The molecule has 1 unspecified atom stereocenters. The SMILES string of the molecule is O=C(N[C@H]1CC[C@H](c2cccc(F)c2F)[C@H](F)c2cccnc21)c1cnc2c(c1)CC1(C2)C(=O)Nc2ncccc21. The summed E-state index contributed by atoms with van der Waals surface area (Å²) in [5, 5.41) is 5.82. The van der Waals surface area contributed by atoms with Crippen molar-refractivity contribution in [3.05, 3.63) is 118 Å². The Morgan fingerprint density at radius 1 is 0.976 bits per heavy atom. The molecule has 3 aromatic heterocycles. The van der Waals surface area contributed by atoms with E-state index in [-0.39, 0.29) is 29.9 Å². The first kappa shape index (κ1) is 25.4. The number of nitrogens with zero attached hydrogens (tertiary/aromatic N) is 3. The van der Waals surface area contributed by atoms with Gasteiger partial charge in [0, 0.05) is 47.8 Å². The smallest absolute Gasteiger partial charge is 0.253 e. The Kier molecular flexibility index (Phi) is 5.88. The summed E-state index contributed by atoms with van der Waals surface area (Å²) in [5.74, 6) is -3.05. The summed E-state index contributed by atoms with van der Waals surface area (Å²) in [6.07, 6.45) is 4.21. The summed E-state index contributed by atoms with van der Waals surface area (Å²) in [5.41, 5.74) is 2.41. The molecule has 0 saturated heterocycles. The largest absolute Gasteiger partial charge is 0.344 e. The maximum absolute atomic E-state index is 15.9. The van der Waals surface area contributed by atoms with Crippen LogP contribution in [0.3, 0.4) is 0 Å². The normalized spacial score (nSPS) is 24.3. The van der Waals surface area contributed by atoms with Crippen molar-refractivity contribution in [3.8, 4) is 0 Å². The van der Waals surface area contributed by atoms with Crippen molar-refractivity contribution >= 4 is 17.6 Å². The molecule has 10 heteroatoms. The first-order valence-electron chi connectivity index (χ1n) is 13.4. The van der Waals surface area contributed by atoms with E-state index in [0.29, 0.717) is 29.9 Å². The molecule has 4 heterocycles. The highest BCUT2D eigenvalue weighted by Crippen LogP contribution is 2.47.